The van der Waals surface area contributed by atoms with E-state index < -0.39 is 5.91 Å². The van der Waals surface area contributed by atoms with Crippen LogP contribution in [0, 0.1) is 94.7 Å². The summed E-state index contributed by atoms with van der Waals surface area (Å²) >= 11 is 1.38. The molecule has 1 aliphatic rings. The number of amides is 2. The van der Waals surface area contributed by atoms with Crippen molar-refractivity contribution in [3.8, 4) is 94.7 Å². The Morgan fingerprint density at radius 1 is 0.882 bits per heavy atom. The normalized spacial score (nSPS) is 9.24. The van der Waals surface area contributed by atoms with Crippen LogP contribution in [0.1, 0.15) is 34.6 Å². The number of carbonyl (C=O) groups is 2. The lowest BCUT2D eigenvalue weighted by Gasteiger charge is -2.14. The van der Waals surface area contributed by atoms with Crippen LogP contribution in [0.4, 0.5) is 5.00 Å². The molecule has 0 bridgehead atoms. The first-order chi connectivity index (χ1) is 16.7. The van der Waals surface area contributed by atoms with Crippen LogP contribution in [-0.2, 0) is 17.8 Å². The van der Waals surface area contributed by atoms with E-state index in [1.165, 1.54) is 11.3 Å². The molecule has 162 valence electrons. The Morgan fingerprint density at radius 3 is 2.00 bits per heavy atom. The third-order valence-corrected chi connectivity index (χ3v) is 4.98. The first kappa shape index (κ1) is 25.3. The van der Waals surface area contributed by atoms with E-state index in [4.69, 9.17) is 0 Å². The fourth-order valence-electron chi connectivity index (χ4n) is 2.57. The van der Waals surface area contributed by atoms with Crippen molar-refractivity contribution in [1.29, 1.82) is 0 Å². The number of hydrogen-bond donors (Lipinski definition) is 3. The molecule has 0 unspecified atom stereocenters. The fourth-order valence-corrected chi connectivity index (χ4v) is 3.78. The zero-order valence-electron chi connectivity index (χ0n) is 18.6. The van der Waals surface area contributed by atoms with Crippen LogP contribution in [0.2, 0.25) is 0 Å². The van der Waals surface area contributed by atoms with Crippen molar-refractivity contribution in [2.45, 2.75) is 26.8 Å². The Bertz CT molecular complexity index is 1490. The number of hydrogen-bond acceptors (Lipinski definition) is 4. The molecule has 1 aromatic heterocycles. The second-order valence-electron chi connectivity index (χ2n) is 6.07. The number of nitrogens with one attached hydrogen (secondary N) is 3. The van der Waals surface area contributed by atoms with Gasteiger partial charge in [-0.15, -0.1) is 11.3 Å². The van der Waals surface area contributed by atoms with Crippen LogP contribution >= 0.6 is 11.3 Å². The predicted octanol–water partition coefficient (Wildman–Crippen LogP) is 1.13. The van der Waals surface area contributed by atoms with Gasteiger partial charge >= 0.3 is 5.91 Å². The Labute approximate surface area is 204 Å². The second-order valence-corrected chi connectivity index (χ2v) is 7.18. The van der Waals surface area contributed by atoms with Gasteiger partial charge < -0.3 is 16.0 Å². The molecule has 3 N–H and O–H groups in total. The van der Waals surface area contributed by atoms with Crippen LogP contribution in [0.5, 0.6) is 0 Å². The minimum atomic E-state index is -0.554. The van der Waals surface area contributed by atoms with E-state index in [2.05, 4.69) is 111 Å². The fraction of sp³-hybridized carbons (Fsp3) is 0.214. The lowest BCUT2D eigenvalue weighted by atomic mass is 10.0. The molecule has 1 aromatic rings. The molecular weight excluding hydrogens is 442 g/mol. The summed E-state index contributed by atoms with van der Waals surface area (Å²) in [5.41, 5.74) is 1.49. The van der Waals surface area contributed by atoms with E-state index in [-0.39, 0.29) is 5.91 Å². The minimum absolute atomic E-state index is 0.200. The monoisotopic (exact) mass is 459 g/mol. The first-order valence-corrected chi connectivity index (χ1v) is 10.9. The highest BCUT2D eigenvalue weighted by atomic mass is 32.1. The molecule has 0 aromatic carbocycles. The van der Waals surface area contributed by atoms with Crippen LogP contribution in [0.15, 0.2) is 0 Å². The van der Waals surface area contributed by atoms with Crippen LogP contribution in [-0.4, -0.2) is 24.9 Å². The molecule has 0 spiro atoms. The van der Waals surface area contributed by atoms with Crippen LogP contribution in [0.25, 0.3) is 0 Å². The summed E-state index contributed by atoms with van der Waals surface area (Å²) in [6.07, 6.45) is 0.731. The molecule has 1 aliphatic heterocycles. The molecule has 0 saturated carbocycles. The molecule has 34 heavy (non-hydrogen) atoms. The Morgan fingerprint density at radius 2 is 1.44 bits per heavy atom. The number of fused-ring (bicyclic) bond motifs is 1. The molecule has 5 nitrogen and oxygen atoms in total. The van der Waals surface area contributed by atoms with Gasteiger partial charge in [0.2, 0.25) is 0 Å². The largest absolute Gasteiger partial charge is 0.352 e. The molecule has 0 saturated heterocycles. The Balaban J connectivity index is 1.96. The number of rotatable bonds is 3. The Hall–Kier alpha value is -4.92. The van der Waals surface area contributed by atoms with Crippen molar-refractivity contribution in [2.24, 2.45) is 0 Å². The van der Waals surface area contributed by atoms with Crippen molar-refractivity contribution in [1.82, 2.24) is 10.6 Å². The van der Waals surface area contributed by atoms with Crippen LogP contribution in [0.3, 0.4) is 0 Å². The molecule has 0 fully saturated rings. The molecule has 0 radical (unpaired) electrons. The van der Waals surface area contributed by atoms with Gasteiger partial charge in [-0.2, -0.15) is 0 Å². The average molecular weight is 460 g/mol. The Kier molecular flexibility index (Phi) is 11.2. The maximum Gasteiger partial charge on any atom is 0.301 e. The van der Waals surface area contributed by atoms with E-state index in [9.17, 15) is 9.59 Å². The molecule has 2 heterocycles. The minimum Gasteiger partial charge on any atom is -0.352 e. The zero-order chi connectivity index (χ0) is 24.4. The van der Waals surface area contributed by atoms with Gasteiger partial charge in [0.1, 0.15) is 5.00 Å². The highest BCUT2D eigenvalue weighted by molar-refractivity contribution is 7.17. The molecular formula is C28H17N3O2S. The van der Waals surface area contributed by atoms with E-state index >= 15 is 0 Å². The van der Waals surface area contributed by atoms with Crippen LogP contribution < -0.4 is 16.0 Å². The topological polar surface area (TPSA) is 70.2 Å². The average Bonchev–Trinajstić information content (AvgIpc) is 3.19. The summed E-state index contributed by atoms with van der Waals surface area (Å²) in [6, 6.07) is 0. The molecule has 2 rings (SSSR count). The summed E-state index contributed by atoms with van der Waals surface area (Å²) in [7, 11) is 0. The smallest absolute Gasteiger partial charge is 0.301 e. The van der Waals surface area contributed by atoms with Gasteiger partial charge in [-0.3, -0.25) is 9.59 Å². The van der Waals surface area contributed by atoms with Gasteiger partial charge in [0.15, 0.2) is 0 Å². The third-order valence-electron chi connectivity index (χ3n) is 3.83. The molecule has 6 heteroatoms. The lowest BCUT2D eigenvalue weighted by molar-refractivity contribution is -0.111. The number of carbonyl (C=O) groups excluding carboxylic acids is 2. The van der Waals surface area contributed by atoms with Gasteiger partial charge in [-0.05, 0) is 115 Å². The zero-order valence-corrected chi connectivity index (χ0v) is 19.4. The highest BCUT2D eigenvalue weighted by Gasteiger charge is 2.25. The van der Waals surface area contributed by atoms with E-state index in [0.29, 0.717) is 23.7 Å². The number of anilines is 1. The quantitative estimate of drug-likeness (QED) is 0.594. The SMILES string of the molecule is CC#CC#CC#CC#CC#CC#CC#CC#CC(=O)Nc1sc2c(c1C(=O)NCC)CCNC2. The van der Waals surface area contributed by atoms with Gasteiger partial charge in [0.25, 0.3) is 5.91 Å². The van der Waals surface area contributed by atoms with Crippen molar-refractivity contribution >= 4 is 28.2 Å². The summed E-state index contributed by atoms with van der Waals surface area (Å²) in [4.78, 5) is 25.7. The van der Waals surface area contributed by atoms with Gasteiger partial charge in [-0.25, -0.2) is 0 Å². The summed E-state index contributed by atoms with van der Waals surface area (Å²) < 4.78 is 0. The van der Waals surface area contributed by atoms with Crippen molar-refractivity contribution in [3.05, 3.63) is 16.0 Å². The summed E-state index contributed by atoms with van der Waals surface area (Å²) in [5, 5.41) is 9.26. The number of thiophene rings is 1. The summed E-state index contributed by atoms with van der Waals surface area (Å²) in [6.45, 7) is 5.49. The first-order valence-electron chi connectivity index (χ1n) is 10.0. The van der Waals surface area contributed by atoms with Crippen molar-refractivity contribution < 1.29 is 9.59 Å². The van der Waals surface area contributed by atoms with Gasteiger partial charge in [0, 0.05) is 23.9 Å². The van der Waals surface area contributed by atoms with Crippen molar-refractivity contribution in [2.75, 3.05) is 18.4 Å². The maximum atomic E-state index is 12.5. The maximum absolute atomic E-state index is 12.5. The van der Waals surface area contributed by atoms with E-state index in [1.807, 2.05) is 6.92 Å². The lowest BCUT2D eigenvalue weighted by Crippen LogP contribution is -2.28. The third kappa shape index (κ3) is 8.67. The van der Waals surface area contributed by atoms with Crippen molar-refractivity contribution in [3.63, 3.8) is 0 Å². The summed E-state index contributed by atoms with van der Waals surface area (Å²) in [5.74, 6) is 39.2. The van der Waals surface area contributed by atoms with E-state index in [1.54, 1.807) is 6.92 Å². The molecule has 2 amide bonds. The van der Waals surface area contributed by atoms with Gasteiger partial charge in [0.05, 0.1) is 5.56 Å². The predicted molar refractivity (Wildman–Crippen MR) is 134 cm³/mol. The standard InChI is InChI=1S/C28H17N3O2S/c1-3-5-6-7-8-9-10-11-12-13-14-15-16-17-18-19-25(32)31-28-26(27(33)30-4-2)23-20-21-29-22-24(23)34-28/h29H,4,20-22H2,1-2H3,(H,30,33)(H,31,32). The highest BCUT2D eigenvalue weighted by Crippen LogP contribution is 2.35. The molecule has 0 aliphatic carbocycles. The second kappa shape index (κ2) is 15.0. The molecule has 0 atom stereocenters. The van der Waals surface area contributed by atoms with E-state index in [0.717, 1.165) is 23.4 Å². The van der Waals surface area contributed by atoms with Gasteiger partial charge in [-0.1, -0.05) is 5.92 Å².